The summed E-state index contributed by atoms with van der Waals surface area (Å²) in [6, 6.07) is 20.9. The maximum absolute atomic E-state index is 13.4. The van der Waals surface area contributed by atoms with Gasteiger partial charge in [-0.25, -0.2) is 9.78 Å². The van der Waals surface area contributed by atoms with Crippen LogP contribution in [0.3, 0.4) is 0 Å². The average molecular weight is 566 g/mol. The monoisotopic (exact) mass is 565 g/mol. The van der Waals surface area contributed by atoms with Gasteiger partial charge in [0.15, 0.2) is 11.5 Å². The van der Waals surface area contributed by atoms with E-state index in [2.05, 4.69) is 10.3 Å². The van der Waals surface area contributed by atoms with Crippen molar-refractivity contribution < 1.29 is 31.9 Å². The van der Waals surface area contributed by atoms with Crippen molar-refractivity contribution in [3.8, 4) is 28.8 Å². The number of rotatable bonds is 9. The Balaban J connectivity index is 1.63. The molecule has 3 aromatic carbocycles. The highest BCUT2D eigenvalue weighted by Gasteiger charge is 2.31. The van der Waals surface area contributed by atoms with Gasteiger partial charge in [-0.05, 0) is 54.1 Å². The Hall–Kier alpha value is -4.56. The fraction of sp³-hybridized carbons (Fsp3) is 0.172. The van der Waals surface area contributed by atoms with Gasteiger partial charge in [0.25, 0.3) is 5.91 Å². The van der Waals surface area contributed by atoms with Crippen LogP contribution >= 0.6 is 11.8 Å². The van der Waals surface area contributed by atoms with E-state index in [1.165, 1.54) is 43.1 Å². The molecule has 7 nitrogen and oxygen atoms in total. The van der Waals surface area contributed by atoms with Gasteiger partial charge in [-0.3, -0.25) is 4.79 Å². The molecule has 0 aliphatic rings. The smallest absolute Gasteiger partial charge is 0.416 e. The van der Waals surface area contributed by atoms with Crippen LogP contribution in [0.4, 0.5) is 13.2 Å². The number of ether oxygens (including phenoxy) is 1. The Labute approximate surface area is 232 Å². The Bertz CT molecular complexity index is 1510. The maximum Gasteiger partial charge on any atom is 0.416 e. The van der Waals surface area contributed by atoms with E-state index in [9.17, 15) is 22.8 Å². The lowest BCUT2D eigenvalue weighted by Crippen LogP contribution is -2.43. The van der Waals surface area contributed by atoms with Crippen molar-refractivity contribution >= 4 is 23.6 Å². The topological polar surface area (TPSA) is 105 Å². The number of nitriles is 1. The van der Waals surface area contributed by atoms with Crippen molar-refractivity contribution in [3.05, 3.63) is 101 Å². The van der Waals surface area contributed by atoms with Crippen LogP contribution in [-0.4, -0.2) is 35.8 Å². The van der Waals surface area contributed by atoms with Crippen molar-refractivity contribution in [2.24, 2.45) is 0 Å². The fourth-order valence-electron chi connectivity index (χ4n) is 3.70. The number of carbonyl (C=O) groups is 2. The van der Waals surface area contributed by atoms with Crippen LogP contribution in [0.2, 0.25) is 0 Å². The molecule has 0 saturated heterocycles. The molecule has 0 radical (unpaired) electrons. The molecule has 204 valence electrons. The van der Waals surface area contributed by atoms with Crippen molar-refractivity contribution in [2.45, 2.75) is 18.0 Å². The molecule has 1 unspecified atom stereocenters. The van der Waals surface area contributed by atoms with Gasteiger partial charge in [-0.1, -0.05) is 30.3 Å². The van der Waals surface area contributed by atoms with Gasteiger partial charge in [0.05, 0.1) is 24.3 Å². The van der Waals surface area contributed by atoms with Crippen molar-refractivity contribution in [1.29, 1.82) is 5.26 Å². The highest BCUT2D eigenvalue weighted by Crippen LogP contribution is 2.33. The Kier molecular flexibility index (Phi) is 8.91. The summed E-state index contributed by atoms with van der Waals surface area (Å²) in [5.41, 5.74) is 1.01. The quantitative estimate of drug-likeness (QED) is 0.244. The van der Waals surface area contributed by atoms with Crippen molar-refractivity contribution in [1.82, 2.24) is 10.3 Å². The van der Waals surface area contributed by atoms with Gasteiger partial charge < -0.3 is 14.5 Å². The zero-order valence-corrected chi connectivity index (χ0v) is 21.9. The number of halogens is 3. The highest BCUT2D eigenvalue weighted by atomic mass is 32.2. The molecule has 0 aliphatic carbocycles. The number of oxazole rings is 1. The molecule has 40 heavy (non-hydrogen) atoms. The SMILES string of the molecule is COC(=O)C(CSCc1ccccc1)NC(=O)c1nc(-c2ccc(C(F)(F)F)cc2)oc1-c1ccc(C#N)cc1. The fourth-order valence-corrected chi connectivity index (χ4v) is 4.70. The number of amides is 1. The van der Waals surface area contributed by atoms with Gasteiger partial charge in [-0.15, -0.1) is 0 Å². The summed E-state index contributed by atoms with van der Waals surface area (Å²) in [5.74, 6) is -0.646. The number of methoxy groups -OCH3 is 1. The Morgan fingerprint density at radius 3 is 2.27 bits per heavy atom. The normalized spacial score (nSPS) is 11.9. The zero-order chi connectivity index (χ0) is 28.7. The second-order valence-corrected chi connectivity index (χ2v) is 9.54. The van der Waals surface area contributed by atoms with E-state index in [1.54, 1.807) is 12.1 Å². The van der Waals surface area contributed by atoms with Crippen LogP contribution in [0, 0.1) is 11.3 Å². The molecule has 0 bridgehead atoms. The molecule has 1 aromatic heterocycles. The van der Waals surface area contributed by atoms with E-state index in [1.807, 2.05) is 36.4 Å². The van der Waals surface area contributed by atoms with Crippen LogP contribution in [0.25, 0.3) is 22.8 Å². The molecule has 1 N–H and O–H groups in total. The lowest BCUT2D eigenvalue weighted by molar-refractivity contribution is -0.142. The maximum atomic E-state index is 13.4. The number of hydrogen-bond donors (Lipinski definition) is 1. The van der Waals surface area contributed by atoms with E-state index in [0.29, 0.717) is 16.9 Å². The summed E-state index contributed by atoms with van der Waals surface area (Å²) >= 11 is 1.42. The minimum absolute atomic E-state index is 0.0254. The second kappa shape index (κ2) is 12.5. The van der Waals surface area contributed by atoms with Crippen molar-refractivity contribution in [2.75, 3.05) is 12.9 Å². The number of thioether (sulfide) groups is 1. The van der Waals surface area contributed by atoms with Gasteiger partial charge in [0, 0.05) is 22.6 Å². The number of carbonyl (C=O) groups excluding carboxylic acids is 2. The highest BCUT2D eigenvalue weighted by molar-refractivity contribution is 7.98. The molecule has 4 aromatic rings. The average Bonchev–Trinajstić information content (AvgIpc) is 3.42. The molecule has 0 fully saturated rings. The molecule has 1 heterocycles. The number of hydrogen-bond acceptors (Lipinski definition) is 7. The third kappa shape index (κ3) is 6.90. The first-order chi connectivity index (χ1) is 19.2. The molecular formula is C29H22F3N3O4S. The third-order valence-electron chi connectivity index (χ3n) is 5.76. The van der Waals surface area contributed by atoms with Crippen LogP contribution < -0.4 is 5.32 Å². The van der Waals surface area contributed by atoms with Crippen LogP contribution in [0.1, 0.15) is 27.2 Å². The van der Waals surface area contributed by atoms with Crippen LogP contribution in [0.15, 0.2) is 83.3 Å². The number of aromatic nitrogens is 1. The van der Waals surface area contributed by atoms with E-state index < -0.39 is 29.7 Å². The molecule has 0 saturated carbocycles. The molecule has 1 amide bonds. The number of alkyl halides is 3. The summed E-state index contributed by atoms with van der Waals surface area (Å²) in [4.78, 5) is 30.1. The minimum Gasteiger partial charge on any atom is -0.467 e. The van der Waals surface area contributed by atoms with Crippen LogP contribution in [0.5, 0.6) is 0 Å². The first-order valence-electron chi connectivity index (χ1n) is 11.9. The number of nitrogens with one attached hydrogen (secondary N) is 1. The summed E-state index contributed by atoms with van der Waals surface area (Å²) in [6.07, 6.45) is -4.52. The second-order valence-electron chi connectivity index (χ2n) is 8.51. The van der Waals surface area contributed by atoms with Crippen molar-refractivity contribution in [3.63, 3.8) is 0 Å². The largest absolute Gasteiger partial charge is 0.467 e. The van der Waals surface area contributed by atoms with E-state index in [0.717, 1.165) is 17.7 Å². The molecule has 0 spiro atoms. The lowest BCUT2D eigenvalue weighted by atomic mass is 10.1. The van der Waals surface area contributed by atoms with Gasteiger partial charge >= 0.3 is 12.1 Å². The predicted octanol–water partition coefficient (Wildman–Crippen LogP) is 6.10. The minimum atomic E-state index is -4.52. The first-order valence-corrected chi connectivity index (χ1v) is 13.0. The summed E-state index contributed by atoms with van der Waals surface area (Å²) < 4.78 is 49.8. The summed E-state index contributed by atoms with van der Waals surface area (Å²) in [7, 11) is 1.21. The van der Waals surface area contributed by atoms with Gasteiger partial charge in [0.2, 0.25) is 5.89 Å². The van der Waals surface area contributed by atoms with E-state index >= 15 is 0 Å². The Morgan fingerprint density at radius 1 is 1.02 bits per heavy atom. The molecule has 11 heteroatoms. The lowest BCUT2D eigenvalue weighted by Gasteiger charge is -2.16. The van der Waals surface area contributed by atoms with Gasteiger partial charge in [-0.2, -0.15) is 30.2 Å². The standard InChI is InChI=1S/C29H22F3N3O4S/c1-38-28(37)23(17-40-16-19-5-3-2-4-6-19)34-26(36)24-25(20-9-7-18(15-33)8-10-20)39-27(35-24)21-11-13-22(14-12-21)29(30,31)32/h2-14,23H,16-17H2,1H3,(H,34,36). The number of esters is 1. The zero-order valence-electron chi connectivity index (χ0n) is 21.1. The molecule has 0 aliphatic heterocycles. The molecular weight excluding hydrogens is 543 g/mol. The Morgan fingerprint density at radius 2 is 1.68 bits per heavy atom. The van der Waals surface area contributed by atoms with Gasteiger partial charge in [0.1, 0.15) is 6.04 Å². The summed E-state index contributed by atoms with van der Waals surface area (Å²) in [5, 5.41) is 11.8. The predicted molar refractivity (Wildman–Crippen MR) is 143 cm³/mol. The molecule has 4 rings (SSSR count). The van der Waals surface area contributed by atoms with E-state index in [-0.39, 0.29) is 28.7 Å². The third-order valence-corrected chi connectivity index (χ3v) is 6.87. The first kappa shape index (κ1) is 28.4. The van der Waals surface area contributed by atoms with Crippen LogP contribution in [-0.2, 0) is 21.5 Å². The number of nitrogens with zero attached hydrogens (tertiary/aromatic N) is 2. The number of benzene rings is 3. The molecule has 1 atom stereocenters. The van der Waals surface area contributed by atoms with E-state index in [4.69, 9.17) is 14.4 Å². The summed E-state index contributed by atoms with van der Waals surface area (Å²) in [6.45, 7) is 0.